The lowest BCUT2D eigenvalue weighted by atomic mass is 9.84. The van der Waals surface area contributed by atoms with Gasteiger partial charge in [0.1, 0.15) is 0 Å². The van der Waals surface area contributed by atoms with Crippen LogP contribution >= 0.6 is 0 Å². The molecule has 2 nitrogen and oxygen atoms in total. The highest BCUT2D eigenvalue weighted by Crippen LogP contribution is 2.34. The Bertz CT molecular complexity index is 177. The Morgan fingerprint density at radius 3 is 2.77 bits per heavy atom. The van der Waals surface area contributed by atoms with Crippen LogP contribution in [0.3, 0.4) is 0 Å². The van der Waals surface area contributed by atoms with Gasteiger partial charge in [0.05, 0.1) is 0 Å². The van der Waals surface area contributed by atoms with Crippen LogP contribution in [0, 0.1) is 5.41 Å². The standard InChI is InChI=1S/C11H22N2/c1-3-11(6-4-5-8-12)7-9-13(2)10-11/h4,6H,3,5,7-10,12H2,1-2H3/b6-4-/t11-/m0/s1. The summed E-state index contributed by atoms with van der Waals surface area (Å²) in [5, 5.41) is 0. The lowest BCUT2D eigenvalue weighted by Gasteiger charge is -2.23. The first kappa shape index (κ1) is 10.7. The number of hydrogen-bond acceptors (Lipinski definition) is 2. The fraction of sp³-hybridized carbons (Fsp3) is 0.818. The molecule has 0 bridgehead atoms. The molecule has 1 aliphatic heterocycles. The van der Waals surface area contributed by atoms with E-state index in [0.29, 0.717) is 5.41 Å². The van der Waals surface area contributed by atoms with Crippen molar-refractivity contribution >= 4 is 0 Å². The second-order valence-corrected chi connectivity index (χ2v) is 4.18. The molecule has 1 aliphatic rings. The molecule has 0 spiro atoms. The van der Waals surface area contributed by atoms with Crippen LogP contribution in [0.25, 0.3) is 0 Å². The molecule has 1 atom stereocenters. The van der Waals surface area contributed by atoms with E-state index in [1.54, 1.807) is 0 Å². The minimum Gasteiger partial charge on any atom is -0.330 e. The molecule has 0 radical (unpaired) electrons. The summed E-state index contributed by atoms with van der Waals surface area (Å²) in [7, 11) is 2.20. The van der Waals surface area contributed by atoms with Crippen molar-refractivity contribution in [2.75, 3.05) is 26.7 Å². The van der Waals surface area contributed by atoms with Gasteiger partial charge in [-0.05, 0) is 39.4 Å². The average Bonchev–Trinajstić information content (AvgIpc) is 2.49. The van der Waals surface area contributed by atoms with Crippen molar-refractivity contribution in [2.45, 2.75) is 26.2 Å². The van der Waals surface area contributed by atoms with E-state index in [2.05, 4.69) is 31.0 Å². The Kier molecular flexibility index (Phi) is 3.94. The Labute approximate surface area is 81.8 Å². The van der Waals surface area contributed by atoms with Gasteiger partial charge >= 0.3 is 0 Å². The Balaban J connectivity index is 2.50. The zero-order valence-electron chi connectivity index (χ0n) is 8.92. The summed E-state index contributed by atoms with van der Waals surface area (Å²) in [6.45, 7) is 5.50. The van der Waals surface area contributed by atoms with Crippen molar-refractivity contribution in [3.05, 3.63) is 12.2 Å². The molecule has 1 heterocycles. The van der Waals surface area contributed by atoms with Crippen LogP contribution in [0.4, 0.5) is 0 Å². The van der Waals surface area contributed by atoms with E-state index in [4.69, 9.17) is 5.73 Å². The van der Waals surface area contributed by atoms with Crippen LogP contribution in [0.5, 0.6) is 0 Å². The summed E-state index contributed by atoms with van der Waals surface area (Å²) < 4.78 is 0. The molecule has 0 aromatic carbocycles. The normalized spacial score (nSPS) is 30.4. The Hall–Kier alpha value is -0.340. The molecule has 0 amide bonds. The molecule has 2 heteroatoms. The molecule has 0 saturated carbocycles. The average molecular weight is 182 g/mol. The molecule has 1 rings (SSSR count). The quantitative estimate of drug-likeness (QED) is 0.669. The molecule has 0 unspecified atom stereocenters. The van der Waals surface area contributed by atoms with E-state index in [9.17, 15) is 0 Å². The van der Waals surface area contributed by atoms with Crippen molar-refractivity contribution in [3.8, 4) is 0 Å². The van der Waals surface area contributed by atoms with Crippen LogP contribution in [0.2, 0.25) is 0 Å². The molecular weight excluding hydrogens is 160 g/mol. The molecule has 2 N–H and O–H groups in total. The zero-order valence-corrected chi connectivity index (χ0v) is 8.92. The van der Waals surface area contributed by atoms with Gasteiger partial charge in [0, 0.05) is 12.0 Å². The molecule has 76 valence electrons. The van der Waals surface area contributed by atoms with Gasteiger partial charge in [-0.1, -0.05) is 19.1 Å². The fourth-order valence-electron chi connectivity index (χ4n) is 2.08. The molecule has 0 aliphatic carbocycles. The Morgan fingerprint density at radius 1 is 1.54 bits per heavy atom. The van der Waals surface area contributed by atoms with Crippen LogP contribution in [-0.4, -0.2) is 31.6 Å². The number of rotatable bonds is 4. The summed E-state index contributed by atoms with van der Waals surface area (Å²) in [4.78, 5) is 2.41. The fourth-order valence-corrected chi connectivity index (χ4v) is 2.08. The number of nitrogens with two attached hydrogens (primary N) is 1. The summed E-state index contributed by atoms with van der Waals surface area (Å²) in [5.74, 6) is 0. The summed E-state index contributed by atoms with van der Waals surface area (Å²) in [6, 6.07) is 0. The van der Waals surface area contributed by atoms with Gasteiger partial charge in [-0.3, -0.25) is 0 Å². The van der Waals surface area contributed by atoms with Crippen LogP contribution in [0.15, 0.2) is 12.2 Å². The lowest BCUT2D eigenvalue weighted by Crippen LogP contribution is -2.22. The summed E-state index contributed by atoms with van der Waals surface area (Å²) in [6.07, 6.45) is 8.22. The second-order valence-electron chi connectivity index (χ2n) is 4.18. The van der Waals surface area contributed by atoms with Crippen molar-refractivity contribution < 1.29 is 0 Å². The first-order chi connectivity index (χ1) is 6.22. The van der Waals surface area contributed by atoms with Crippen LogP contribution in [0.1, 0.15) is 26.2 Å². The van der Waals surface area contributed by atoms with Gasteiger partial charge in [0.25, 0.3) is 0 Å². The van der Waals surface area contributed by atoms with Gasteiger partial charge in [0.15, 0.2) is 0 Å². The highest BCUT2D eigenvalue weighted by molar-refractivity contribution is 5.04. The zero-order chi connectivity index (χ0) is 9.73. The third-order valence-electron chi connectivity index (χ3n) is 3.09. The summed E-state index contributed by atoms with van der Waals surface area (Å²) >= 11 is 0. The molecule has 1 fully saturated rings. The first-order valence-electron chi connectivity index (χ1n) is 5.29. The van der Waals surface area contributed by atoms with Gasteiger partial charge in [-0.15, -0.1) is 0 Å². The second kappa shape index (κ2) is 4.77. The molecular formula is C11H22N2. The highest BCUT2D eigenvalue weighted by atomic mass is 15.1. The maximum atomic E-state index is 5.46. The van der Waals surface area contributed by atoms with Gasteiger partial charge < -0.3 is 10.6 Å². The van der Waals surface area contributed by atoms with E-state index in [1.165, 1.54) is 25.9 Å². The third-order valence-corrected chi connectivity index (χ3v) is 3.09. The lowest BCUT2D eigenvalue weighted by molar-refractivity contribution is 0.337. The van der Waals surface area contributed by atoms with E-state index < -0.39 is 0 Å². The van der Waals surface area contributed by atoms with Crippen LogP contribution < -0.4 is 5.73 Å². The minimum absolute atomic E-state index is 0.448. The third kappa shape index (κ3) is 2.82. The molecule has 13 heavy (non-hydrogen) atoms. The van der Waals surface area contributed by atoms with Gasteiger partial charge in [-0.25, -0.2) is 0 Å². The minimum atomic E-state index is 0.448. The maximum Gasteiger partial charge on any atom is 0.00700 e. The maximum absolute atomic E-state index is 5.46. The van der Waals surface area contributed by atoms with E-state index in [1.807, 2.05) is 0 Å². The first-order valence-corrected chi connectivity index (χ1v) is 5.29. The largest absolute Gasteiger partial charge is 0.330 e. The topological polar surface area (TPSA) is 29.3 Å². The predicted molar refractivity (Wildman–Crippen MR) is 57.6 cm³/mol. The summed E-state index contributed by atoms with van der Waals surface area (Å²) in [5.41, 5.74) is 5.91. The predicted octanol–water partition coefficient (Wildman–Crippen LogP) is 1.62. The van der Waals surface area contributed by atoms with Crippen molar-refractivity contribution in [1.29, 1.82) is 0 Å². The van der Waals surface area contributed by atoms with E-state index >= 15 is 0 Å². The number of hydrogen-bond donors (Lipinski definition) is 1. The van der Waals surface area contributed by atoms with Crippen molar-refractivity contribution in [1.82, 2.24) is 4.90 Å². The van der Waals surface area contributed by atoms with Gasteiger partial charge in [0.2, 0.25) is 0 Å². The molecule has 0 aromatic heterocycles. The van der Waals surface area contributed by atoms with Crippen LogP contribution in [-0.2, 0) is 0 Å². The van der Waals surface area contributed by atoms with Crippen molar-refractivity contribution in [2.24, 2.45) is 11.1 Å². The van der Waals surface area contributed by atoms with E-state index in [0.717, 1.165) is 13.0 Å². The van der Waals surface area contributed by atoms with Gasteiger partial charge in [-0.2, -0.15) is 0 Å². The molecule has 1 saturated heterocycles. The number of nitrogens with zero attached hydrogens (tertiary/aromatic N) is 1. The highest BCUT2D eigenvalue weighted by Gasteiger charge is 2.31. The monoisotopic (exact) mass is 182 g/mol. The SMILES string of the molecule is CC[C@]1(/C=C\CCN)CCN(C)C1. The van der Waals surface area contributed by atoms with E-state index in [-0.39, 0.29) is 0 Å². The number of likely N-dealkylation sites (tertiary alicyclic amines) is 1. The Morgan fingerprint density at radius 2 is 2.31 bits per heavy atom. The molecule has 0 aromatic rings. The van der Waals surface area contributed by atoms with Crippen molar-refractivity contribution in [3.63, 3.8) is 0 Å². The smallest absolute Gasteiger partial charge is 0.00700 e.